The summed E-state index contributed by atoms with van der Waals surface area (Å²) in [6.45, 7) is 1.81. The monoisotopic (exact) mass is 295 g/mol. The number of hydrogen-bond donors (Lipinski definition) is 0. The van der Waals surface area contributed by atoms with Crippen molar-refractivity contribution in [3.05, 3.63) is 23.0 Å². The molecule has 0 amide bonds. The number of thioether (sulfide) groups is 1. The summed E-state index contributed by atoms with van der Waals surface area (Å²) in [7, 11) is -3.38. The third kappa shape index (κ3) is 2.26. The molecule has 3 nitrogen and oxygen atoms in total. The summed E-state index contributed by atoms with van der Waals surface area (Å²) in [5, 5.41) is -0.00644. The van der Waals surface area contributed by atoms with Gasteiger partial charge in [0.15, 0.2) is 0 Å². The van der Waals surface area contributed by atoms with Crippen LogP contribution in [0.3, 0.4) is 0 Å². The fourth-order valence-corrected chi connectivity index (χ4v) is 4.66. The number of benzene rings is 1. The molecule has 0 aromatic heterocycles. The Hall–Kier alpha value is -0.460. The van der Waals surface area contributed by atoms with E-state index in [9.17, 15) is 12.8 Å². The minimum Gasteiger partial charge on any atom is -0.266 e. The van der Waals surface area contributed by atoms with Crippen molar-refractivity contribution in [2.75, 3.05) is 16.3 Å². The van der Waals surface area contributed by atoms with E-state index < -0.39 is 15.8 Å². The van der Waals surface area contributed by atoms with E-state index >= 15 is 0 Å². The summed E-state index contributed by atoms with van der Waals surface area (Å²) >= 11 is 7.24. The first-order valence-corrected chi connectivity index (χ1v) is 8.13. The van der Waals surface area contributed by atoms with E-state index in [1.165, 1.54) is 28.2 Å². The number of nitrogens with zero attached hydrogens (tertiary/aromatic N) is 1. The van der Waals surface area contributed by atoms with Crippen LogP contribution in [-0.4, -0.2) is 26.5 Å². The highest BCUT2D eigenvalue weighted by atomic mass is 35.5. The largest absolute Gasteiger partial charge is 0.266 e. The van der Waals surface area contributed by atoms with E-state index in [0.29, 0.717) is 16.3 Å². The van der Waals surface area contributed by atoms with Crippen LogP contribution in [0, 0.1) is 5.82 Å². The smallest absolute Gasteiger partial charge is 0.232 e. The van der Waals surface area contributed by atoms with Gasteiger partial charge in [-0.25, -0.2) is 12.8 Å². The molecule has 7 heteroatoms. The maximum atomic E-state index is 13.3. The molecule has 0 radical (unpaired) electrons. The van der Waals surface area contributed by atoms with E-state index in [-0.39, 0.29) is 11.1 Å². The molecule has 1 heterocycles. The van der Waals surface area contributed by atoms with Crippen molar-refractivity contribution in [1.82, 2.24) is 0 Å². The lowest BCUT2D eigenvalue weighted by molar-refractivity contribution is 0.588. The van der Waals surface area contributed by atoms with E-state index in [4.69, 9.17) is 11.6 Å². The summed E-state index contributed by atoms with van der Waals surface area (Å²) in [5.74, 6) is 0.0318. The van der Waals surface area contributed by atoms with Crippen molar-refractivity contribution in [2.45, 2.75) is 17.9 Å². The van der Waals surface area contributed by atoms with Crippen molar-refractivity contribution in [3.8, 4) is 0 Å². The molecule has 0 unspecified atom stereocenters. The first-order valence-electron chi connectivity index (χ1n) is 4.92. The van der Waals surface area contributed by atoms with Crippen LogP contribution in [0.15, 0.2) is 17.0 Å². The number of anilines is 1. The Balaban J connectivity index is 2.65. The molecule has 1 aliphatic heterocycles. The molecule has 17 heavy (non-hydrogen) atoms. The predicted molar refractivity (Wildman–Crippen MR) is 68.9 cm³/mol. The molecule has 0 aliphatic carbocycles. The Morgan fingerprint density at radius 3 is 2.76 bits per heavy atom. The van der Waals surface area contributed by atoms with Crippen LogP contribution in [0.5, 0.6) is 0 Å². The summed E-state index contributed by atoms with van der Waals surface area (Å²) in [6.07, 6.45) is 1.14. The van der Waals surface area contributed by atoms with E-state index in [1.807, 2.05) is 6.92 Å². The highest BCUT2D eigenvalue weighted by Gasteiger charge is 2.32. The second-order valence-corrected chi connectivity index (χ2v) is 7.20. The summed E-state index contributed by atoms with van der Waals surface area (Å²) in [5.41, 5.74) is 0.461. The lowest BCUT2D eigenvalue weighted by atomic mass is 10.2. The predicted octanol–water partition coefficient (Wildman–Crippen LogP) is 2.74. The van der Waals surface area contributed by atoms with Gasteiger partial charge in [-0.05, 0) is 19.1 Å². The molecule has 0 fully saturated rings. The number of halogens is 2. The summed E-state index contributed by atoms with van der Waals surface area (Å²) in [4.78, 5) is 0.496. The van der Waals surface area contributed by atoms with Crippen LogP contribution in [0.4, 0.5) is 10.1 Å². The molecule has 0 saturated heterocycles. The molecular formula is C10H11ClFNO2S2. The number of fused-ring (bicyclic) bond motifs is 1. The van der Waals surface area contributed by atoms with Gasteiger partial charge in [0.05, 0.1) is 27.9 Å². The Bertz CT molecular complexity index is 562. The van der Waals surface area contributed by atoms with Gasteiger partial charge in [-0.15, -0.1) is 11.8 Å². The van der Waals surface area contributed by atoms with Crippen LogP contribution < -0.4 is 4.31 Å². The first-order chi connectivity index (χ1) is 7.82. The normalized spacial score (nSPS) is 20.2. The molecule has 1 aromatic rings. The van der Waals surface area contributed by atoms with Crippen LogP contribution in [0.1, 0.15) is 6.92 Å². The molecule has 0 spiro atoms. The third-order valence-electron chi connectivity index (χ3n) is 2.49. The SMILES string of the molecule is C[C@@H]1CSc2c(ccc(F)c2Cl)N1S(C)(=O)=O. The fourth-order valence-electron chi connectivity index (χ4n) is 1.85. The molecular weight excluding hydrogens is 285 g/mol. The third-order valence-corrected chi connectivity index (χ3v) is 5.60. The molecule has 1 atom stereocenters. The molecule has 0 bridgehead atoms. The van der Waals surface area contributed by atoms with E-state index in [2.05, 4.69) is 0 Å². The van der Waals surface area contributed by atoms with E-state index in [1.54, 1.807) is 0 Å². The van der Waals surface area contributed by atoms with Crippen LogP contribution in [-0.2, 0) is 10.0 Å². The fraction of sp³-hybridized carbons (Fsp3) is 0.400. The summed E-state index contributed by atoms with van der Waals surface area (Å²) in [6, 6.07) is 2.49. The van der Waals surface area contributed by atoms with Crippen LogP contribution >= 0.6 is 23.4 Å². The molecule has 1 aromatic carbocycles. The van der Waals surface area contributed by atoms with Crippen LogP contribution in [0.25, 0.3) is 0 Å². The molecule has 2 rings (SSSR count). The van der Waals surface area contributed by atoms with Gasteiger partial charge in [-0.1, -0.05) is 11.6 Å². The summed E-state index contributed by atoms with van der Waals surface area (Å²) < 4.78 is 38.1. The van der Waals surface area contributed by atoms with Gasteiger partial charge in [0.1, 0.15) is 5.82 Å². The van der Waals surface area contributed by atoms with Gasteiger partial charge < -0.3 is 0 Å². The number of sulfonamides is 1. The maximum absolute atomic E-state index is 13.3. The molecule has 0 saturated carbocycles. The average Bonchev–Trinajstić information content (AvgIpc) is 2.21. The quantitative estimate of drug-likeness (QED) is 0.799. The zero-order valence-corrected chi connectivity index (χ0v) is 11.7. The maximum Gasteiger partial charge on any atom is 0.232 e. The zero-order valence-electron chi connectivity index (χ0n) is 9.28. The van der Waals surface area contributed by atoms with Gasteiger partial charge in [0, 0.05) is 5.75 Å². The Morgan fingerprint density at radius 2 is 2.18 bits per heavy atom. The van der Waals surface area contributed by atoms with Gasteiger partial charge in [0.25, 0.3) is 0 Å². The number of rotatable bonds is 1. The lowest BCUT2D eigenvalue weighted by Gasteiger charge is -2.34. The van der Waals surface area contributed by atoms with Gasteiger partial charge in [-0.3, -0.25) is 4.31 Å². The second-order valence-electron chi connectivity index (χ2n) is 3.93. The lowest BCUT2D eigenvalue weighted by Crippen LogP contribution is -2.41. The molecule has 1 aliphatic rings. The highest BCUT2D eigenvalue weighted by Crippen LogP contribution is 2.43. The number of hydrogen-bond acceptors (Lipinski definition) is 3. The first kappa shape index (κ1) is 13.0. The van der Waals surface area contributed by atoms with Crippen molar-refractivity contribution >= 4 is 39.1 Å². The zero-order chi connectivity index (χ0) is 12.8. The second kappa shape index (κ2) is 4.33. The van der Waals surface area contributed by atoms with E-state index in [0.717, 1.165) is 6.26 Å². The minimum atomic E-state index is -3.38. The Kier molecular flexibility index (Phi) is 3.31. The standard InChI is InChI=1S/C10H11ClFNO2S2/c1-6-5-16-10-8(13(6)17(2,14)15)4-3-7(12)9(10)11/h3-4,6H,5H2,1-2H3/t6-/m1/s1. The topological polar surface area (TPSA) is 37.4 Å². The average molecular weight is 296 g/mol. The van der Waals surface area contributed by atoms with Crippen LogP contribution in [0.2, 0.25) is 5.02 Å². The minimum absolute atomic E-state index is 0.00644. The Labute approximate surface area is 109 Å². The highest BCUT2D eigenvalue weighted by molar-refractivity contribution is 8.00. The van der Waals surface area contributed by atoms with Crippen molar-refractivity contribution in [2.24, 2.45) is 0 Å². The van der Waals surface area contributed by atoms with Crippen molar-refractivity contribution in [3.63, 3.8) is 0 Å². The Morgan fingerprint density at radius 1 is 1.53 bits per heavy atom. The van der Waals surface area contributed by atoms with Crippen molar-refractivity contribution < 1.29 is 12.8 Å². The van der Waals surface area contributed by atoms with Crippen molar-refractivity contribution in [1.29, 1.82) is 0 Å². The van der Waals surface area contributed by atoms with Gasteiger partial charge in [0.2, 0.25) is 10.0 Å². The molecule has 94 valence electrons. The van der Waals surface area contributed by atoms with Gasteiger partial charge >= 0.3 is 0 Å². The van der Waals surface area contributed by atoms with Gasteiger partial charge in [-0.2, -0.15) is 0 Å². The molecule has 0 N–H and O–H groups in total.